The highest BCUT2D eigenvalue weighted by molar-refractivity contribution is 6.22. The Hall–Kier alpha value is -2.56. The van der Waals surface area contributed by atoms with Crippen LogP contribution in [0.15, 0.2) is 36.8 Å². The van der Waals surface area contributed by atoms with Crippen molar-refractivity contribution in [2.45, 2.75) is 0 Å². The molecule has 1 aromatic rings. The molecule has 1 aliphatic rings. The van der Waals surface area contributed by atoms with Gasteiger partial charge in [0.1, 0.15) is 25.0 Å². The van der Waals surface area contributed by atoms with Crippen molar-refractivity contribution >= 4 is 23.1 Å². The summed E-state index contributed by atoms with van der Waals surface area (Å²) in [6, 6.07) is 6.65. The molecule has 98 valence electrons. The van der Waals surface area contributed by atoms with Crippen LogP contribution < -0.4 is 0 Å². The first-order chi connectivity index (χ1) is 9.60. The van der Waals surface area contributed by atoms with Crippen LogP contribution in [-0.2, 0) is 23.8 Å². The topological polar surface area (TPSA) is 61.8 Å². The summed E-state index contributed by atoms with van der Waals surface area (Å²) in [5.41, 5.74) is 0.922. The number of methoxy groups -OCH3 is 2. The summed E-state index contributed by atoms with van der Waals surface area (Å²) in [4.78, 5) is 23.6. The lowest BCUT2D eigenvalue weighted by Crippen LogP contribution is -2.08. The molecule has 19 heavy (non-hydrogen) atoms. The minimum atomic E-state index is -0.707. The number of rotatable bonds is 2. The molecule has 5 heteroatoms. The lowest BCUT2D eigenvalue weighted by atomic mass is 9.96. The Balaban J connectivity index is 2.66. The maximum absolute atomic E-state index is 11.8. The first-order valence-electron chi connectivity index (χ1n) is 5.94. The van der Waals surface area contributed by atoms with Crippen LogP contribution in [0.25, 0.3) is 11.1 Å². The summed E-state index contributed by atoms with van der Waals surface area (Å²) in [5, 5.41) is 0. The van der Waals surface area contributed by atoms with Crippen molar-refractivity contribution in [1.82, 2.24) is 0 Å². The highest BCUT2D eigenvalue weighted by Gasteiger charge is 2.24. The minimum Gasteiger partial charge on any atom is -0.471 e. The molecule has 0 fully saturated rings. The van der Waals surface area contributed by atoms with E-state index < -0.39 is 11.9 Å². The molecular weight excluding hydrogens is 248 g/mol. The summed E-state index contributed by atoms with van der Waals surface area (Å²) in [6.45, 7) is 0. The fourth-order valence-corrected chi connectivity index (χ4v) is 1.72. The molecule has 0 aliphatic carbocycles. The molecule has 0 radical (unpaired) electrons. The molecule has 1 aromatic carbocycles. The van der Waals surface area contributed by atoms with Crippen molar-refractivity contribution in [1.29, 1.82) is 0 Å². The van der Waals surface area contributed by atoms with Gasteiger partial charge in [0, 0.05) is 11.1 Å². The van der Waals surface area contributed by atoms with Gasteiger partial charge in [0.15, 0.2) is 0 Å². The highest BCUT2D eigenvalue weighted by atomic mass is 16.5. The van der Waals surface area contributed by atoms with E-state index in [9.17, 15) is 9.59 Å². The molecular formula is C14H12O5. The van der Waals surface area contributed by atoms with Crippen molar-refractivity contribution < 1.29 is 25.2 Å². The zero-order valence-electron chi connectivity index (χ0n) is 11.4. The summed E-state index contributed by atoms with van der Waals surface area (Å²) in [5.74, 6) is -1.32. The third kappa shape index (κ3) is 2.35. The number of carbonyl (C=O) groups is 2. The molecule has 0 aromatic heterocycles. The van der Waals surface area contributed by atoms with Crippen LogP contribution in [0.3, 0.4) is 0 Å². The Kier molecular flexibility index (Phi) is 3.27. The number of ether oxygens (including phenoxy) is 3. The van der Waals surface area contributed by atoms with Crippen LogP contribution in [0.5, 0.6) is 0 Å². The van der Waals surface area contributed by atoms with Crippen molar-refractivity contribution in [2.24, 2.45) is 0 Å². The van der Waals surface area contributed by atoms with Gasteiger partial charge >= 0.3 is 11.9 Å². The van der Waals surface area contributed by atoms with Crippen LogP contribution in [0, 0.1) is 0 Å². The van der Waals surface area contributed by atoms with Crippen LogP contribution in [0.1, 0.15) is 12.5 Å². The van der Waals surface area contributed by atoms with Crippen molar-refractivity contribution in [3.05, 3.63) is 47.9 Å². The smallest absolute Gasteiger partial charge is 0.341 e. The molecule has 0 saturated heterocycles. The van der Waals surface area contributed by atoms with E-state index in [-0.39, 0.29) is 17.4 Å². The number of hydrogen-bond acceptors (Lipinski definition) is 5. The molecule has 0 saturated carbocycles. The Labute approximate surface area is 111 Å². The molecule has 0 N–H and O–H groups in total. The summed E-state index contributed by atoms with van der Waals surface area (Å²) < 4.78 is 22.2. The Morgan fingerprint density at radius 3 is 2.16 bits per heavy atom. The maximum Gasteiger partial charge on any atom is 0.341 e. The maximum atomic E-state index is 11.8. The van der Waals surface area contributed by atoms with E-state index in [1.165, 1.54) is 14.2 Å². The van der Waals surface area contributed by atoms with Crippen LogP contribution in [0.4, 0.5) is 0 Å². The number of carbonyl (C=O) groups excluding carboxylic acids is 2. The molecule has 0 unspecified atom stereocenters. The third-order valence-electron chi connectivity index (χ3n) is 2.62. The predicted molar refractivity (Wildman–Crippen MR) is 67.5 cm³/mol. The molecule has 2 rings (SSSR count). The second-order valence-electron chi connectivity index (χ2n) is 3.66. The van der Waals surface area contributed by atoms with Gasteiger partial charge in [-0.25, -0.2) is 9.59 Å². The number of esters is 2. The Morgan fingerprint density at radius 2 is 1.58 bits per heavy atom. The van der Waals surface area contributed by atoms with Crippen LogP contribution in [-0.4, -0.2) is 26.2 Å². The Morgan fingerprint density at radius 1 is 1.05 bits per heavy atom. The van der Waals surface area contributed by atoms with Gasteiger partial charge in [0.05, 0.1) is 14.2 Å². The number of benzene rings is 1. The van der Waals surface area contributed by atoms with E-state index in [1.54, 1.807) is 24.3 Å². The fraction of sp³-hybridized carbons (Fsp3) is 0.143. The monoisotopic (exact) mass is 261 g/mol. The number of hydrogen-bond donors (Lipinski definition) is 0. The molecule has 0 bridgehead atoms. The summed E-state index contributed by atoms with van der Waals surface area (Å²) >= 11 is 0. The summed E-state index contributed by atoms with van der Waals surface area (Å²) in [6.07, 6.45) is 0.714. The van der Waals surface area contributed by atoms with E-state index in [2.05, 4.69) is 9.47 Å². The first-order valence-corrected chi connectivity index (χ1v) is 5.44. The van der Waals surface area contributed by atoms with E-state index in [1.807, 2.05) is 0 Å². The van der Waals surface area contributed by atoms with E-state index in [4.69, 9.17) is 6.11 Å². The fourth-order valence-electron chi connectivity index (χ4n) is 1.72. The van der Waals surface area contributed by atoms with Crippen molar-refractivity contribution in [3.8, 4) is 0 Å². The highest BCUT2D eigenvalue weighted by Crippen LogP contribution is 2.29. The molecule has 5 nitrogen and oxygen atoms in total. The number of fused-ring (bicyclic) bond motifs is 1. The normalized spacial score (nSPS) is 14.4. The van der Waals surface area contributed by atoms with Gasteiger partial charge in [-0.2, -0.15) is 0 Å². The lowest BCUT2D eigenvalue weighted by molar-refractivity contribution is -0.134. The van der Waals surface area contributed by atoms with Gasteiger partial charge in [0.25, 0.3) is 0 Å². The average Bonchev–Trinajstić information content (AvgIpc) is 2.62. The largest absolute Gasteiger partial charge is 0.471 e. The SMILES string of the molecule is [2H]C1=C(C(=O)OC)c2ccccc2C(C(=O)OC)=CO1. The zero-order chi connectivity index (χ0) is 14.7. The standard InChI is InChI=1S/C14H12O5/c1-17-13(15)11-7-19-8-12(14(16)18-2)10-6-4-3-5-9(10)11/h3-8H,1-2H3/i7D. The Bertz CT molecular complexity index is 630. The van der Waals surface area contributed by atoms with Gasteiger partial charge < -0.3 is 14.2 Å². The lowest BCUT2D eigenvalue weighted by Gasteiger charge is -2.09. The van der Waals surface area contributed by atoms with Gasteiger partial charge in [-0.15, -0.1) is 0 Å². The average molecular weight is 261 g/mol. The van der Waals surface area contributed by atoms with Gasteiger partial charge in [-0.05, 0) is 0 Å². The first kappa shape index (κ1) is 11.5. The van der Waals surface area contributed by atoms with Crippen LogP contribution in [0.2, 0.25) is 0 Å². The molecule has 1 heterocycles. The second kappa shape index (κ2) is 5.39. The van der Waals surface area contributed by atoms with Gasteiger partial charge in [-0.1, -0.05) is 24.3 Å². The molecule has 0 amide bonds. The predicted octanol–water partition coefficient (Wildman–Crippen LogP) is 1.74. The minimum absolute atomic E-state index is 0.0433. The summed E-state index contributed by atoms with van der Waals surface area (Å²) in [7, 11) is 2.46. The van der Waals surface area contributed by atoms with Gasteiger partial charge in [0.2, 0.25) is 0 Å². The van der Waals surface area contributed by atoms with E-state index in [0.29, 0.717) is 11.1 Å². The zero-order valence-corrected chi connectivity index (χ0v) is 10.4. The third-order valence-corrected chi connectivity index (χ3v) is 2.62. The molecule has 1 aliphatic heterocycles. The van der Waals surface area contributed by atoms with Gasteiger partial charge in [-0.3, -0.25) is 0 Å². The van der Waals surface area contributed by atoms with Crippen molar-refractivity contribution in [2.75, 3.05) is 14.2 Å². The molecule has 0 spiro atoms. The second-order valence-corrected chi connectivity index (χ2v) is 3.66. The molecule has 0 atom stereocenters. The van der Waals surface area contributed by atoms with E-state index >= 15 is 0 Å². The quantitative estimate of drug-likeness (QED) is 0.759. The van der Waals surface area contributed by atoms with Crippen LogP contribution >= 0.6 is 0 Å². The van der Waals surface area contributed by atoms with Crippen molar-refractivity contribution in [3.63, 3.8) is 0 Å². The van der Waals surface area contributed by atoms with E-state index in [0.717, 1.165) is 6.26 Å².